The Morgan fingerprint density at radius 1 is 1.44 bits per heavy atom. The van der Waals surface area contributed by atoms with Gasteiger partial charge < -0.3 is 15.2 Å². The summed E-state index contributed by atoms with van der Waals surface area (Å²) >= 11 is 0. The number of nitrogens with two attached hydrogens (primary N) is 1. The van der Waals surface area contributed by atoms with Crippen molar-refractivity contribution in [2.45, 2.75) is 19.1 Å². The van der Waals surface area contributed by atoms with Crippen LogP contribution < -0.4 is 5.73 Å². The highest BCUT2D eigenvalue weighted by atomic mass is 16.6. The molecule has 0 aromatic heterocycles. The van der Waals surface area contributed by atoms with Crippen LogP contribution in [0.5, 0.6) is 0 Å². The van der Waals surface area contributed by atoms with Gasteiger partial charge in [0.05, 0.1) is 25.4 Å². The summed E-state index contributed by atoms with van der Waals surface area (Å²) in [5, 5.41) is 0. The SMILES string of the molecule is C[C@@H]1CO[C@H](CN)CO1. The fourth-order valence-electron chi connectivity index (χ4n) is 0.775. The Morgan fingerprint density at radius 2 is 2.22 bits per heavy atom. The topological polar surface area (TPSA) is 44.5 Å². The smallest absolute Gasteiger partial charge is 0.0931 e. The molecule has 1 fully saturated rings. The second-order valence-corrected chi connectivity index (χ2v) is 2.33. The summed E-state index contributed by atoms with van der Waals surface area (Å²) in [7, 11) is 0. The van der Waals surface area contributed by atoms with E-state index in [-0.39, 0.29) is 12.2 Å². The van der Waals surface area contributed by atoms with Gasteiger partial charge >= 0.3 is 0 Å². The Hall–Kier alpha value is -0.120. The molecule has 0 bridgehead atoms. The molecule has 1 heterocycles. The van der Waals surface area contributed by atoms with Gasteiger partial charge in [-0.1, -0.05) is 0 Å². The Kier molecular flexibility index (Phi) is 2.45. The maximum absolute atomic E-state index is 5.34. The number of rotatable bonds is 1. The first-order chi connectivity index (χ1) is 4.33. The molecule has 9 heavy (non-hydrogen) atoms. The lowest BCUT2D eigenvalue weighted by molar-refractivity contribution is -0.122. The molecule has 1 rings (SSSR count). The van der Waals surface area contributed by atoms with Crippen molar-refractivity contribution in [3.05, 3.63) is 0 Å². The normalized spacial score (nSPS) is 36.7. The van der Waals surface area contributed by atoms with E-state index >= 15 is 0 Å². The van der Waals surface area contributed by atoms with Crippen molar-refractivity contribution < 1.29 is 9.47 Å². The second kappa shape index (κ2) is 3.15. The molecule has 1 aliphatic rings. The molecule has 0 unspecified atom stereocenters. The van der Waals surface area contributed by atoms with Gasteiger partial charge in [0.25, 0.3) is 0 Å². The monoisotopic (exact) mass is 131 g/mol. The summed E-state index contributed by atoms with van der Waals surface area (Å²) in [5.41, 5.74) is 5.34. The van der Waals surface area contributed by atoms with Crippen LogP contribution in [0.3, 0.4) is 0 Å². The zero-order valence-electron chi connectivity index (χ0n) is 5.67. The van der Waals surface area contributed by atoms with Crippen LogP contribution in [0.4, 0.5) is 0 Å². The molecule has 2 N–H and O–H groups in total. The van der Waals surface area contributed by atoms with Crippen molar-refractivity contribution >= 4 is 0 Å². The second-order valence-electron chi connectivity index (χ2n) is 2.33. The van der Waals surface area contributed by atoms with Crippen LogP contribution in [0.15, 0.2) is 0 Å². The quantitative estimate of drug-likeness (QED) is 0.533. The van der Waals surface area contributed by atoms with Crippen molar-refractivity contribution in [3.8, 4) is 0 Å². The highest BCUT2D eigenvalue weighted by Gasteiger charge is 2.16. The molecule has 3 heteroatoms. The summed E-state index contributed by atoms with van der Waals surface area (Å²) < 4.78 is 10.6. The summed E-state index contributed by atoms with van der Waals surface area (Å²) in [4.78, 5) is 0. The fourth-order valence-corrected chi connectivity index (χ4v) is 0.775. The maximum Gasteiger partial charge on any atom is 0.0931 e. The predicted molar refractivity (Wildman–Crippen MR) is 34.2 cm³/mol. The standard InChI is InChI=1S/C6H13NO2/c1-5-3-9-6(2-7)4-8-5/h5-6H,2-4,7H2,1H3/t5-,6-/m1/s1. The van der Waals surface area contributed by atoms with Crippen LogP contribution in [0, 0.1) is 0 Å². The summed E-state index contributed by atoms with van der Waals surface area (Å²) in [5.74, 6) is 0. The molecule has 0 aromatic carbocycles. The van der Waals surface area contributed by atoms with Crippen molar-refractivity contribution in [2.75, 3.05) is 19.8 Å². The summed E-state index contributed by atoms with van der Waals surface area (Å²) in [6, 6.07) is 0. The maximum atomic E-state index is 5.34. The van der Waals surface area contributed by atoms with Crippen molar-refractivity contribution in [2.24, 2.45) is 5.73 Å². The molecule has 0 spiro atoms. The number of hydrogen-bond acceptors (Lipinski definition) is 3. The predicted octanol–water partition coefficient (Wildman–Crippen LogP) is -0.251. The molecule has 0 saturated carbocycles. The van der Waals surface area contributed by atoms with E-state index in [1.807, 2.05) is 6.92 Å². The molecule has 2 atom stereocenters. The highest BCUT2D eigenvalue weighted by molar-refractivity contribution is 4.64. The Labute approximate surface area is 55.1 Å². The molecule has 1 saturated heterocycles. The zero-order valence-corrected chi connectivity index (χ0v) is 5.67. The summed E-state index contributed by atoms with van der Waals surface area (Å²) in [6.07, 6.45) is 0.369. The van der Waals surface area contributed by atoms with Gasteiger partial charge in [0, 0.05) is 6.54 Å². The Bertz CT molecular complexity index is 79.1. The van der Waals surface area contributed by atoms with Crippen LogP contribution >= 0.6 is 0 Å². The Balaban J connectivity index is 2.18. The molecular formula is C6H13NO2. The van der Waals surface area contributed by atoms with E-state index in [1.165, 1.54) is 0 Å². The minimum Gasteiger partial charge on any atom is -0.373 e. The third kappa shape index (κ3) is 1.93. The van der Waals surface area contributed by atoms with Gasteiger partial charge in [0.2, 0.25) is 0 Å². The van der Waals surface area contributed by atoms with Crippen molar-refractivity contribution in [3.63, 3.8) is 0 Å². The van der Waals surface area contributed by atoms with Gasteiger partial charge in [-0.3, -0.25) is 0 Å². The molecule has 0 aliphatic carbocycles. The van der Waals surface area contributed by atoms with E-state index in [1.54, 1.807) is 0 Å². The molecule has 0 aromatic rings. The largest absolute Gasteiger partial charge is 0.373 e. The third-order valence-electron chi connectivity index (χ3n) is 1.40. The highest BCUT2D eigenvalue weighted by Crippen LogP contribution is 2.04. The van der Waals surface area contributed by atoms with Gasteiger partial charge in [0.1, 0.15) is 0 Å². The van der Waals surface area contributed by atoms with E-state index in [2.05, 4.69) is 0 Å². The summed E-state index contributed by atoms with van der Waals surface area (Å²) in [6.45, 7) is 3.89. The molecule has 54 valence electrons. The first-order valence-electron chi connectivity index (χ1n) is 3.26. The van der Waals surface area contributed by atoms with E-state index in [4.69, 9.17) is 15.2 Å². The first-order valence-corrected chi connectivity index (χ1v) is 3.26. The van der Waals surface area contributed by atoms with Crippen molar-refractivity contribution in [1.29, 1.82) is 0 Å². The van der Waals surface area contributed by atoms with Gasteiger partial charge in [0.15, 0.2) is 0 Å². The fraction of sp³-hybridized carbons (Fsp3) is 1.00. The molecule has 0 radical (unpaired) electrons. The van der Waals surface area contributed by atoms with Gasteiger partial charge in [-0.05, 0) is 6.92 Å². The average molecular weight is 131 g/mol. The van der Waals surface area contributed by atoms with E-state index < -0.39 is 0 Å². The Morgan fingerprint density at radius 3 is 2.67 bits per heavy atom. The lowest BCUT2D eigenvalue weighted by atomic mass is 10.3. The van der Waals surface area contributed by atoms with E-state index in [0.717, 1.165) is 0 Å². The van der Waals surface area contributed by atoms with Gasteiger partial charge in [-0.2, -0.15) is 0 Å². The van der Waals surface area contributed by atoms with Crippen LogP contribution in [0.25, 0.3) is 0 Å². The van der Waals surface area contributed by atoms with E-state index in [0.29, 0.717) is 19.8 Å². The van der Waals surface area contributed by atoms with Crippen LogP contribution in [0.2, 0.25) is 0 Å². The lowest BCUT2D eigenvalue weighted by Crippen LogP contribution is -2.38. The molecule has 3 nitrogen and oxygen atoms in total. The third-order valence-corrected chi connectivity index (χ3v) is 1.40. The van der Waals surface area contributed by atoms with Crippen LogP contribution in [-0.2, 0) is 9.47 Å². The first kappa shape index (κ1) is 6.99. The average Bonchev–Trinajstić information content (AvgIpc) is 1.90. The molecular weight excluding hydrogens is 118 g/mol. The molecule has 0 amide bonds. The van der Waals surface area contributed by atoms with E-state index in [9.17, 15) is 0 Å². The lowest BCUT2D eigenvalue weighted by Gasteiger charge is -2.26. The van der Waals surface area contributed by atoms with Crippen molar-refractivity contribution in [1.82, 2.24) is 0 Å². The minimum atomic E-state index is 0.126. The van der Waals surface area contributed by atoms with Gasteiger partial charge in [-0.25, -0.2) is 0 Å². The number of ether oxygens (including phenoxy) is 2. The molecule has 1 aliphatic heterocycles. The minimum absolute atomic E-state index is 0.126. The van der Waals surface area contributed by atoms with Crippen LogP contribution in [-0.4, -0.2) is 32.0 Å². The zero-order chi connectivity index (χ0) is 6.69. The number of hydrogen-bond donors (Lipinski definition) is 1. The van der Waals surface area contributed by atoms with Gasteiger partial charge in [-0.15, -0.1) is 0 Å². The van der Waals surface area contributed by atoms with Crippen LogP contribution in [0.1, 0.15) is 6.92 Å².